The Hall–Kier alpha value is -1.59. The minimum absolute atomic E-state index is 0.0608. The lowest BCUT2D eigenvalue weighted by molar-refractivity contribution is -0.167. The molecule has 0 amide bonds. The molecule has 0 aliphatic heterocycles. The topological polar surface area (TPSA) is 78.9 Å². The molecule has 0 saturated carbocycles. The molecule has 0 N–H and O–H groups in total. The summed E-state index contributed by atoms with van der Waals surface area (Å²) < 4.78 is 16.9. The molecule has 0 aliphatic carbocycles. The summed E-state index contributed by atoms with van der Waals surface area (Å²) in [6, 6.07) is 0. The van der Waals surface area contributed by atoms with Crippen molar-refractivity contribution in [2.75, 3.05) is 13.2 Å². The third-order valence-corrected chi connectivity index (χ3v) is 16.1. The lowest BCUT2D eigenvalue weighted by atomic mass is 10.0. The van der Waals surface area contributed by atoms with E-state index < -0.39 is 6.10 Å². The van der Waals surface area contributed by atoms with Crippen molar-refractivity contribution >= 4 is 17.9 Å². The Morgan fingerprint density at radius 1 is 0.213 bits per heavy atom. The summed E-state index contributed by atoms with van der Waals surface area (Å²) in [5, 5.41) is 0. The smallest absolute Gasteiger partial charge is 0.306 e. The zero-order chi connectivity index (χ0) is 54.3. The van der Waals surface area contributed by atoms with Gasteiger partial charge in [-0.1, -0.05) is 367 Å². The highest BCUT2D eigenvalue weighted by atomic mass is 16.6. The predicted octanol–water partition coefficient (Wildman–Crippen LogP) is 23.5. The highest BCUT2D eigenvalue weighted by Gasteiger charge is 2.19. The molecule has 0 saturated heterocycles. The number of hydrogen-bond donors (Lipinski definition) is 0. The van der Waals surface area contributed by atoms with E-state index in [0.29, 0.717) is 19.3 Å². The van der Waals surface area contributed by atoms with Crippen LogP contribution in [0.4, 0.5) is 0 Å². The molecule has 446 valence electrons. The molecule has 1 unspecified atom stereocenters. The fourth-order valence-electron chi connectivity index (χ4n) is 10.9. The van der Waals surface area contributed by atoms with Gasteiger partial charge in [-0.25, -0.2) is 0 Å². The molecular weight excluding hydrogens is 925 g/mol. The fourth-order valence-corrected chi connectivity index (χ4v) is 10.9. The van der Waals surface area contributed by atoms with Crippen molar-refractivity contribution in [3.63, 3.8) is 0 Å². The van der Waals surface area contributed by atoms with E-state index in [1.54, 1.807) is 0 Å². The van der Waals surface area contributed by atoms with E-state index in [1.165, 1.54) is 308 Å². The Morgan fingerprint density at radius 3 is 0.533 bits per heavy atom. The monoisotopic (exact) mass is 1060 g/mol. The van der Waals surface area contributed by atoms with Crippen molar-refractivity contribution in [2.45, 2.75) is 412 Å². The molecule has 75 heavy (non-hydrogen) atoms. The standard InChI is InChI=1S/C69H134O6/c1-4-7-10-13-16-19-21-23-25-27-29-31-32-33-34-35-36-37-38-40-41-43-45-47-50-53-56-59-62-68(71)74-65-66(64-73-67(70)61-58-55-52-49-18-15-12-9-6-3)75-69(72)63-60-57-54-51-48-46-44-42-39-30-28-26-24-22-20-17-14-11-8-5-2/h66H,4-65H2,1-3H3. The van der Waals surface area contributed by atoms with E-state index >= 15 is 0 Å². The molecule has 6 heteroatoms. The first-order valence-corrected chi connectivity index (χ1v) is 34.5. The molecule has 1 atom stereocenters. The fraction of sp³-hybridized carbons (Fsp3) is 0.957. The van der Waals surface area contributed by atoms with Crippen molar-refractivity contribution in [1.82, 2.24) is 0 Å². The van der Waals surface area contributed by atoms with Crippen molar-refractivity contribution in [3.05, 3.63) is 0 Å². The van der Waals surface area contributed by atoms with Crippen molar-refractivity contribution in [1.29, 1.82) is 0 Å². The Morgan fingerprint density at radius 2 is 0.360 bits per heavy atom. The van der Waals surface area contributed by atoms with Gasteiger partial charge in [0.25, 0.3) is 0 Å². The number of carbonyl (C=O) groups is 3. The maximum Gasteiger partial charge on any atom is 0.306 e. The van der Waals surface area contributed by atoms with Crippen LogP contribution < -0.4 is 0 Å². The lowest BCUT2D eigenvalue weighted by Crippen LogP contribution is -2.30. The third-order valence-electron chi connectivity index (χ3n) is 16.1. The zero-order valence-corrected chi connectivity index (χ0v) is 51.4. The number of hydrogen-bond acceptors (Lipinski definition) is 6. The summed E-state index contributed by atoms with van der Waals surface area (Å²) in [6.45, 7) is 6.71. The van der Waals surface area contributed by atoms with Crippen molar-refractivity contribution in [3.8, 4) is 0 Å². The first-order valence-electron chi connectivity index (χ1n) is 34.5. The molecular formula is C69H134O6. The number of esters is 3. The minimum atomic E-state index is -0.762. The van der Waals surface area contributed by atoms with Crippen LogP contribution in [-0.2, 0) is 28.6 Å². The van der Waals surface area contributed by atoms with Gasteiger partial charge in [0.15, 0.2) is 6.10 Å². The van der Waals surface area contributed by atoms with Crippen LogP contribution in [0.5, 0.6) is 0 Å². The second-order valence-electron chi connectivity index (χ2n) is 23.8. The SMILES string of the molecule is CCCCCCCCCCCCCCCCCCCCCCCCCCCCCCC(=O)OCC(COC(=O)CCCCCCCCCCC)OC(=O)CCCCCCCCCCCCCCCCCCCCCC. The summed E-state index contributed by atoms with van der Waals surface area (Å²) in [6.07, 6.45) is 75.8. The van der Waals surface area contributed by atoms with Gasteiger partial charge in [0, 0.05) is 19.3 Å². The van der Waals surface area contributed by atoms with Gasteiger partial charge in [0.2, 0.25) is 0 Å². The summed E-state index contributed by atoms with van der Waals surface area (Å²) in [7, 11) is 0. The molecule has 6 nitrogen and oxygen atoms in total. The normalized spacial score (nSPS) is 11.9. The zero-order valence-electron chi connectivity index (χ0n) is 51.4. The average molecular weight is 1060 g/mol. The van der Waals surface area contributed by atoms with Crippen molar-refractivity contribution < 1.29 is 28.6 Å². The number of rotatable bonds is 65. The van der Waals surface area contributed by atoms with Crippen LogP contribution in [0.25, 0.3) is 0 Å². The van der Waals surface area contributed by atoms with Gasteiger partial charge >= 0.3 is 17.9 Å². The molecule has 0 rings (SSSR count). The maximum atomic E-state index is 12.9. The van der Waals surface area contributed by atoms with Gasteiger partial charge < -0.3 is 14.2 Å². The summed E-state index contributed by atoms with van der Waals surface area (Å²) in [5.41, 5.74) is 0. The molecule has 0 radical (unpaired) electrons. The van der Waals surface area contributed by atoms with Gasteiger partial charge in [-0.3, -0.25) is 14.4 Å². The molecule has 0 aromatic heterocycles. The molecule has 0 aromatic rings. The largest absolute Gasteiger partial charge is 0.462 e. The first-order chi connectivity index (χ1) is 37.0. The second kappa shape index (κ2) is 64.9. The molecule has 0 fully saturated rings. The average Bonchev–Trinajstić information content (AvgIpc) is 3.41. The molecule has 0 spiro atoms. The number of carbonyl (C=O) groups excluding carboxylic acids is 3. The molecule has 0 bridgehead atoms. The van der Waals surface area contributed by atoms with Crippen LogP contribution in [0.15, 0.2) is 0 Å². The van der Waals surface area contributed by atoms with Gasteiger partial charge in [-0.15, -0.1) is 0 Å². The van der Waals surface area contributed by atoms with E-state index in [-0.39, 0.29) is 31.1 Å². The lowest BCUT2D eigenvalue weighted by Gasteiger charge is -2.18. The van der Waals surface area contributed by atoms with Crippen LogP contribution in [0.3, 0.4) is 0 Å². The van der Waals surface area contributed by atoms with Crippen LogP contribution >= 0.6 is 0 Å². The van der Waals surface area contributed by atoms with E-state index in [4.69, 9.17) is 14.2 Å². The third kappa shape index (κ3) is 63.1. The first kappa shape index (κ1) is 73.4. The van der Waals surface area contributed by atoms with Crippen LogP contribution in [-0.4, -0.2) is 37.2 Å². The van der Waals surface area contributed by atoms with E-state index in [9.17, 15) is 14.4 Å². The Balaban J connectivity index is 4.06. The highest BCUT2D eigenvalue weighted by Crippen LogP contribution is 2.19. The Bertz CT molecular complexity index is 1120. The maximum absolute atomic E-state index is 12.9. The van der Waals surface area contributed by atoms with Gasteiger partial charge in [0.05, 0.1) is 0 Å². The van der Waals surface area contributed by atoms with E-state index in [2.05, 4.69) is 20.8 Å². The van der Waals surface area contributed by atoms with Gasteiger partial charge in [-0.2, -0.15) is 0 Å². The van der Waals surface area contributed by atoms with E-state index in [0.717, 1.165) is 57.8 Å². The Labute approximate surface area is 469 Å². The summed E-state index contributed by atoms with van der Waals surface area (Å²) >= 11 is 0. The molecule has 0 heterocycles. The predicted molar refractivity (Wildman–Crippen MR) is 326 cm³/mol. The molecule has 0 aromatic carbocycles. The summed E-state index contributed by atoms with van der Waals surface area (Å²) in [4.78, 5) is 38.2. The number of unbranched alkanes of at least 4 members (excludes halogenated alkanes) is 54. The van der Waals surface area contributed by atoms with Gasteiger partial charge in [-0.05, 0) is 19.3 Å². The van der Waals surface area contributed by atoms with Crippen LogP contribution in [0.1, 0.15) is 406 Å². The second-order valence-corrected chi connectivity index (χ2v) is 23.8. The minimum Gasteiger partial charge on any atom is -0.462 e. The van der Waals surface area contributed by atoms with E-state index in [1.807, 2.05) is 0 Å². The summed E-state index contributed by atoms with van der Waals surface area (Å²) in [5.74, 6) is -0.828. The number of ether oxygens (including phenoxy) is 3. The molecule has 0 aliphatic rings. The van der Waals surface area contributed by atoms with Gasteiger partial charge in [0.1, 0.15) is 13.2 Å². The quantitative estimate of drug-likeness (QED) is 0.0343. The van der Waals surface area contributed by atoms with Crippen LogP contribution in [0.2, 0.25) is 0 Å². The Kier molecular flexibility index (Phi) is 63.6. The highest BCUT2D eigenvalue weighted by molar-refractivity contribution is 5.71. The van der Waals surface area contributed by atoms with Crippen molar-refractivity contribution in [2.24, 2.45) is 0 Å². The van der Waals surface area contributed by atoms with Crippen LogP contribution in [0, 0.1) is 0 Å².